The van der Waals surface area contributed by atoms with Gasteiger partial charge in [-0.3, -0.25) is 4.90 Å². The fraction of sp³-hybridized carbons (Fsp3) is 0.405. The number of phenolic OH excluding ortho intramolecular Hbond substituents is 1. The van der Waals surface area contributed by atoms with Gasteiger partial charge in [-0.05, 0) is 68.8 Å². The molecule has 0 amide bonds. The first kappa shape index (κ1) is 29.6. The Kier molecular flexibility index (Phi) is 6.62. The number of hydrogen-bond acceptors (Lipinski definition) is 8. The first-order valence-corrected chi connectivity index (χ1v) is 16.6. The second-order valence-corrected chi connectivity index (χ2v) is 13.9. The molecule has 4 aliphatic rings. The van der Waals surface area contributed by atoms with E-state index >= 15 is 8.78 Å². The Balaban J connectivity index is 1.30. The Labute approximate surface area is 274 Å². The highest BCUT2D eigenvalue weighted by molar-refractivity contribution is 6.18. The zero-order valence-corrected chi connectivity index (χ0v) is 26.5. The van der Waals surface area contributed by atoms with Crippen LogP contribution in [0.4, 0.5) is 19.0 Å². The number of benzene rings is 3. The summed E-state index contributed by atoms with van der Waals surface area (Å²) in [6.07, 6.45) is 9.07. The van der Waals surface area contributed by atoms with Gasteiger partial charge in [-0.15, -0.1) is 6.42 Å². The number of rotatable bonds is 5. The molecule has 8 nitrogen and oxygen atoms in total. The van der Waals surface area contributed by atoms with Crippen LogP contribution in [0.3, 0.4) is 0 Å². The van der Waals surface area contributed by atoms with E-state index in [0.717, 1.165) is 32.2 Å². The predicted octanol–water partition coefficient (Wildman–Crippen LogP) is 6.37. The van der Waals surface area contributed by atoms with Gasteiger partial charge in [0, 0.05) is 54.5 Å². The number of anilines is 1. The highest BCUT2D eigenvalue weighted by Crippen LogP contribution is 2.47. The summed E-state index contributed by atoms with van der Waals surface area (Å²) in [4.78, 5) is 14.0. The van der Waals surface area contributed by atoms with Crippen molar-refractivity contribution in [2.75, 3.05) is 37.7 Å². The molecule has 4 saturated heterocycles. The Hall–Kier alpha value is -4.53. The number of terminal acetylenes is 1. The van der Waals surface area contributed by atoms with Crippen molar-refractivity contribution in [1.29, 1.82) is 0 Å². The molecule has 9 rings (SSSR count). The van der Waals surface area contributed by atoms with Crippen LogP contribution in [-0.2, 0) is 0 Å². The standard InChI is InChI=1S/C37H34F3N5O3/c1-3-25-28(39)8-5-20-12-24(46)13-26(29(20)25)30-32(40)33-31(27-11-19(2)48-34(27)30)35(44-16-22-6-7-23(17-44)41-22)43-36(42-33)47-18-37-9-4-10-45(37)15-21(38)14-37/h1,5,8,11-13,21-23,41,46H,4,6-7,9-10,14-18H2,2H3/t21-,22?,23?,37+/m1/s1. The van der Waals surface area contributed by atoms with E-state index in [1.165, 1.54) is 24.3 Å². The molecular weight excluding hydrogens is 619 g/mol. The fourth-order valence-electron chi connectivity index (χ4n) is 8.85. The summed E-state index contributed by atoms with van der Waals surface area (Å²) >= 11 is 0. The number of nitrogens with zero attached hydrogens (tertiary/aromatic N) is 4. The van der Waals surface area contributed by atoms with E-state index in [9.17, 15) is 9.50 Å². The number of hydrogen-bond donors (Lipinski definition) is 2. The topological polar surface area (TPSA) is 86.9 Å². The Morgan fingerprint density at radius 1 is 1.12 bits per heavy atom. The molecule has 48 heavy (non-hydrogen) atoms. The van der Waals surface area contributed by atoms with Gasteiger partial charge in [-0.2, -0.15) is 9.97 Å². The monoisotopic (exact) mass is 653 g/mol. The van der Waals surface area contributed by atoms with Crippen LogP contribution in [0.1, 0.15) is 43.4 Å². The molecule has 2 N–H and O–H groups in total. The summed E-state index contributed by atoms with van der Waals surface area (Å²) in [6.45, 7) is 4.50. The molecule has 0 saturated carbocycles. The molecule has 2 aromatic heterocycles. The molecule has 0 aliphatic carbocycles. The van der Waals surface area contributed by atoms with Gasteiger partial charge in [0.2, 0.25) is 0 Å². The van der Waals surface area contributed by atoms with E-state index < -0.39 is 23.3 Å². The van der Waals surface area contributed by atoms with Gasteiger partial charge in [0.1, 0.15) is 47.0 Å². The summed E-state index contributed by atoms with van der Waals surface area (Å²) in [5, 5.41) is 16.2. The lowest BCUT2D eigenvalue weighted by Gasteiger charge is -2.35. The average molecular weight is 654 g/mol. The van der Waals surface area contributed by atoms with E-state index in [4.69, 9.17) is 25.5 Å². The van der Waals surface area contributed by atoms with Crippen LogP contribution in [0.5, 0.6) is 11.8 Å². The summed E-state index contributed by atoms with van der Waals surface area (Å²) in [5.41, 5.74) is -0.0909. The minimum absolute atomic E-state index is 0.00112. The van der Waals surface area contributed by atoms with Crippen LogP contribution in [0.2, 0.25) is 0 Å². The maximum Gasteiger partial charge on any atom is 0.319 e. The van der Waals surface area contributed by atoms with Crippen LogP contribution in [0.15, 0.2) is 34.7 Å². The van der Waals surface area contributed by atoms with Crippen molar-refractivity contribution in [1.82, 2.24) is 20.2 Å². The van der Waals surface area contributed by atoms with Gasteiger partial charge in [-0.1, -0.05) is 12.0 Å². The molecule has 0 radical (unpaired) electrons. The van der Waals surface area contributed by atoms with Crippen LogP contribution >= 0.6 is 0 Å². The highest BCUT2D eigenvalue weighted by atomic mass is 19.1. The summed E-state index contributed by atoms with van der Waals surface area (Å²) < 4.78 is 59.7. The molecule has 6 heterocycles. The SMILES string of the molecule is C#Cc1c(F)ccc2cc(O)cc(-c3c(F)c4nc(OC[C@@]56CCCN5C[C@H](F)C6)nc(N5CC6CCC(C5)N6)c4c4cc(C)oc34)c12. The molecule has 2 bridgehead atoms. The quantitative estimate of drug-likeness (QED) is 0.212. The number of furan rings is 1. The van der Waals surface area contributed by atoms with E-state index in [2.05, 4.69) is 21.0 Å². The summed E-state index contributed by atoms with van der Waals surface area (Å²) in [5.74, 6) is 1.97. The second kappa shape index (κ2) is 10.7. The normalized spacial score (nSPS) is 25.4. The molecule has 4 aliphatic heterocycles. The number of fused-ring (bicyclic) bond motifs is 7. The average Bonchev–Trinajstić information content (AvgIpc) is 3.81. The van der Waals surface area contributed by atoms with E-state index in [1.807, 2.05) is 6.07 Å². The number of aryl methyl sites for hydroxylation is 1. The molecule has 4 fully saturated rings. The van der Waals surface area contributed by atoms with Crippen molar-refractivity contribution in [3.63, 3.8) is 0 Å². The van der Waals surface area contributed by atoms with Crippen molar-refractivity contribution in [2.24, 2.45) is 0 Å². The lowest BCUT2D eigenvalue weighted by Crippen LogP contribution is -2.51. The van der Waals surface area contributed by atoms with E-state index in [1.54, 1.807) is 6.92 Å². The maximum absolute atomic E-state index is 17.5. The molecule has 246 valence electrons. The van der Waals surface area contributed by atoms with Crippen molar-refractivity contribution in [2.45, 2.75) is 62.8 Å². The molecule has 0 spiro atoms. The van der Waals surface area contributed by atoms with Crippen LogP contribution in [0.25, 0.3) is 43.8 Å². The van der Waals surface area contributed by atoms with Gasteiger partial charge < -0.3 is 24.5 Å². The summed E-state index contributed by atoms with van der Waals surface area (Å²) in [7, 11) is 0. The largest absolute Gasteiger partial charge is 0.508 e. The van der Waals surface area contributed by atoms with Crippen LogP contribution in [0, 0.1) is 30.9 Å². The minimum Gasteiger partial charge on any atom is -0.508 e. The second-order valence-electron chi connectivity index (χ2n) is 13.9. The first-order chi connectivity index (χ1) is 23.2. The van der Waals surface area contributed by atoms with Crippen molar-refractivity contribution in [3.05, 3.63) is 53.3 Å². The van der Waals surface area contributed by atoms with Crippen LogP contribution in [-0.4, -0.2) is 76.6 Å². The Bertz CT molecular complexity index is 2190. The first-order valence-electron chi connectivity index (χ1n) is 16.6. The molecule has 2 unspecified atom stereocenters. The number of alkyl halides is 1. The lowest BCUT2D eigenvalue weighted by atomic mass is 9.91. The van der Waals surface area contributed by atoms with Gasteiger partial charge in [-0.25, -0.2) is 13.2 Å². The zero-order valence-electron chi connectivity index (χ0n) is 26.5. The molecular formula is C37H34F3N5O3. The van der Waals surface area contributed by atoms with Gasteiger partial charge in [0.25, 0.3) is 0 Å². The molecule has 3 aromatic carbocycles. The Morgan fingerprint density at radius 3 is 2.73 bits per heavy atom. The third-order valence-corrected chi connectivity index (χ3v) is 10.9. The van der Waals surface area contributed by atoms with Crippen LogP contribution < -0.4 is 15.0 Å². The summed E-state index contributed by atoms with van der Waals surface area (Å²) in [6, 6.07) is 7.94. The predicted molar refractivity (Wildman–Crippen MR) is 177 cm³/mol. The maximum atomic E-state index is 17.5. The molecule has 11 heteroatoms. The number of phenols is 1. The Morgan fingerprint density at radius 2 is 1.94 bits per heavy atom. The number of nitrogens with one attached hydrogen (secondary N) is 1. The minimum atomic E-state index is -0.925. The van der Waals surface area contributed by atoms with Crippen molar-refractivity contribution in [3.8, 4) is 35.2 Å². The third kappa shape index (κ3) is 4.46. The number of halogens is 3. The lowest BCUT2D eigenvalue weighted by molar-refractivity contribution is 0.107. The van der Waals surface area contributed by atoms with Gasteiger partial charge >= 0.3 is 6.01 Å². The molecule has 5 aromatic rings. The molecule has 4 atom stereocenters. The van der Waals surface area contributed by atoms with E-state index in [-0.39, 0.29) is 63.6 Å². The third-order valence-electron chi connectivity index (χ3n) is 10.9. The van der Waals surface area contributed by atoms with E-state index in [0.29, 0.717) is 53.8 Å². The number of piperazine rings is 1. The number of ether oxygens (including phenoxy) is 1. The number of aromatic hydroxyl groups is 1. The number of aromatic nitrogens is 2. The fourth-order valence-corrected chi connectivity index (χ4v) is 8.85. The highest BCUT2D eigenvalue weighted by Gasteiger charge is 2.49. The van der Waals surface area contributed by atoms with Gasteiger partial charge in [0.05, 0.1) is 22.1 Å². The van der Waals surface area contributed by atoms with Crippen molar-refractivity contribution < 1.29 is 27.4 Å². The zero-order chi connectivity index (χ0) is 32.9. The van der Waals surface area contributed by atoms with Crippen molar-refractivity contribution >= 4 is 38.5 Å². The smallest absolute Gasteiger partial charge is 0.319 e. The van der Waals surface area contributed by atoms with Gasteiger partial charge in [0.15, 0.2) is 5.82 Å².